The van der Waals surface area contributed by atoms with Gasteiger partial charge in [0.2, 0.25) is 5.95 Å². The normalized spacial score (nSPS) is 9.81. The van der Waals surface area contributed by atoms with E-state index in [2.05, 4.69) is 25.8 Å². The maximum atomic E-state index is 12.8. The lowest BCUT2D eigenvalue weighted by Gasteiger charge is -2.04. The highest BCUT2D eigenvalue weighted by Gasteiger charge is 2.04. The fourth-order valence-electron chi connectivity index (χ4n) is 1.10. The lowest BCUT2D eigenvalue weighted by molar-refractivity contribution is 0.262. The summed E-state index contributed by atoms with van der Waals surface area (Å²) in [4.78, 5) is 15.1. The number of benzene rings is 1. The van der Waals surface area contributed by atoms with Crippen LogP contribution in [0.3, 0.4) is 0 Å². The number of hydrogen-bond donors (Lipinski definition) is 3. The molecule has 82 valence electrons. The van der Waals surface area contributed by atoms with Crippen molar-refractivity contribution in [2.75, 3.05) is 10.6 Å². The van der Waals surface area contributed by atoms with Crippen LogP contribution in [0.5, 0.6) is 0 Å². The van der Waals surface area contributed by atoms with Gasteiger partial charge in [0.25, 0.3) is 0 Å². The zero-order valence-electron chi connectivity index (χ0n) is 8.07. The molecule has 0 fully saturated rings. The van der Waals surface area contributed by atoms with E-state index in [1.807, 2.05) is 0 Å². The SMILES string of the molecule is O=C(Nc1cccc(F)c1)Nc1ncn[nH]1. The maximum absolute atomic E-state index is 12.8. The molecule has 16 heavy (non-hydrogen) atoms. The lowest BCUT2D eigenvalue weighted by Crippen LogP contribution is -2.20. The molecule has 1 aromatic heterocycles. The number of H-pyrrole nitrogens is 1. The third-order valence-corrected chi connectivity index (χ3v) is 1.73. The summed E-state index contributed by atoms with van der Waals surface area (Å²) in [5.41, 5.74) is 0.358. The van der Waals surface area contributed by atoms with Crippen molar-refractivity contribution in [1.82, 2.24) is 15.2 Å². The van der Waals surface area contributed by atoms with Crippen LogP contribution in [0.15, 0.2) is 30.6 Å². The summed E-state index contributed by atoms with van der Waals surface area (Å²) in [6, 6.07) is 5.05. The number of hydrogen-bond acceptors (Lipinski definition) is 3. The van der Waals surface area contributed by atoms with Crippen molar-refractivity contribution in [3.63, 3.8) is 0 Å². The molecule has 3 N–H and O–H groups in total. The Morgan fingerprint density at radius 1 is 1.38 bits per heavy atom. The fraction of sp³-hybridized carbons (Fsp3) is 0. The number of halogens is 1. The molecule has 0 aliphatic carbocycles. The van der Waals surface area contributed by atoms with Crippen molar-refractivity contribution in [2.45, 2.75) is 0 Å². The number of nitrogens with one attached hydrogen (secondary N) is 3. The van der Waals surface area contributed by atoms with Crippen molar-refractivity contribution < 1.29 is 9.18 Å². The van der Waals surface area contributed by atoms with Crippen LogP contribution in [0.25, 0.3) is 0 Å². The average Bonchev–Trinajstić information content (AvgIpc) is 2.70. The monoisotopic (exact) mass is 221 g/mol. The van der Waals surface area contributed by atoms with Crippen molar-refractivity contribution in [3.8, 4) is 0 Å². The van der Waals surface area contributed by atoms with Gasteiger partial charge < -0.3 is 5.32 Å². The van der Waals surface area contributed by atoms with Crippen LogP contribution < -0.4 is 10.6 Å². The van der Waals surface area contributed by atoms with Crippen LogP contribution >= 0.6 is 0 Å². The molecule has 2 amide bonds. The molecule has 0 bridgehead atoms. The quantitative estimate of drug-likeness (QED) is 0.720. The predicted molar refractivity (Wildman–Crippen MR) is 55.4 cm³/mol. The Morgan fingerprint density at radius 2 is 2.25 bits per heavy atom. The van der Waals surface area contributed by atoms with Gasteiger partial charge in [-0.3, -0.25) is 5.32 Å². The minimum absolute atomic E-state index is 0.217. The van der Waals surface area contributed by atoms with E-state index in [1.54, 1.807) is 6.07 Å². The molecule has 2 rings (SSSR count). The molecule has 0 atom stereocenters. The molecule has 1 aromatic carbocycles. The first kappa shape index (κ1) is 10.1. The first-order valence-corrected chi connectivity index (χ1v) is 4.43. The first-order valence-electron chi connectivity index (χ1n) is 4.43. The van der Waals surface area contributed by atoms with Gasteiger partial charge >= 0.3 is 6.03 Å². The van der Waals surface area contributed by atoms with E-state index in [1.165, 1.54) is 24.5 Å². The Hall–Kier alpha value is -2.44. The number of carbonyl (C=O) groups is 1. The Balaban J connectivity index is 1.97. The molecule has 1 heterocycles. The maximum Gasteiger partial charge on any atom is 0.326 e. The summed E-state index contributed by atoms with van der Waals surface area (Å²) in [6.45, 7) is 0. The van der Waals surface area contributed by atoms with E-state index >= 15 is 0 Å². The van der Waals surface area contributed by atoms with Crippen molar-refractivity contribution in [1.29, 1.82) is 0 Å². The highest BCUT2D eigenvalue weighted by Crippen LogP contribution is 2.09. The number of amides is 2. The molecule has 0 aliphatic rings. The van der Waals surface area contributed by atoms with E-state index in [0.29, 0.717) is 5.69 Å². The summed E-state index contributed by atoms with van der Waals surface area (Å²) in [6.07, 6.45) is 1.26. The highest BCUT2D eigenvalue weighted by atomic mass is 19.1. The zero-order chi connectivity index (χ0) is 11.4. The number of aromatic nitrogens is 3. The number of rotatable bonds is 2. The second-order valence-corrected chi connectivity index (χ2v) is 2.92. The molecule has 2 aromatic rings. The van der Waals surface area contributed by atoms with Gasteiger partial charge in [0.1, 0.15) is 12.1 Å². The number of anilines is 2. The molecule has 6 nitrogen and oxygen atoms in total. The van der Waals surface area contributed by atoms with Crippen LogP contribution in [-0.4, -0.2) is 21.2 Å². The van der Waals surface area contributed by atoms with Crippen LogP contribution in [0.1, 0.15) is 0 Å². The van der Waals surface area contributed by atoms with Gasteiger partial charge in [-0.25, -0.2) is 14.3 Å². The van der Waals surface area contributed by atoms with E-state index in [0.717, 1.165) is 0 Å². The average molecular weight is 221 g/mol. The van der Waals surface area contributed by atoms with Crippen molar-refractivity contribution >= 4 is 17.7 Å². The number of carbonyl (C=O) groups excluding carboxylic acids is 1. The Morgan fingerprint density at radius 3 is 2.94 bits per heavy atom. The second-order valence-electron chi connectivity index (χ2n) is 2.92. The van der Waals surface area contributed by atoms with Gasteiger partial charge in [-0.2, -0.15) is 10.1 Å². The van der Waals surface area contributed by atoms with Gasteiger partial charge in [0, 0.05) is 5.69 Å². The van der Waals surface area contributed by atoms with Crippen LogP contribution in [-0.2, 0) is 0 Å². The van der Waals surface area contributed by atoms with E-state index in [-0.39, 0.29) is 5.95 Å². The Kier molecular flexibility index (Phi) is 2.77. The molecule has 0 radical (unpaired) electrons. The van der Waals surface area contributed by atoms with Gasteiger partial charge in [-0.15, -0.1) is 0 Å². The van der Waals surface area contributed by atoms with E-state index in [9.17, 15) is 9.18 Å². The van der Waals surface area contributed by atoms with Crippen molar-refractivity contribution in [3.05, 3.63) is 36.4 Å². The van der Waals surface area contributed by atoms with Crippen LogP contribution in [0.4, 0.5) is 20.8 Å². The number of nitrogens with zero attached hydrogens (tertiary/aromatic N) is 2. The summed E-state index contributed by atoms with van der Waals surface area (Å²) < 4.78 is 12.8. The smallest absolute Gasteiger partial charge is 0.308 e. The summed E-state index contributed by atoms with van der Waals surface area (Å²) in [5.74, 6) is -0.202. The van der Waals surface area contributed by atoms with E-state index in [4.69, 9.17) is 0 Å². The Labute approximate surface area is 89.9 Å². The predicted octanol–water partition coefficient (Wildman–Crippen LogP) is 1.59. The zero-order valence-corrected chi connectivity index (χ0v) is 8.07. The van der Waals surface area contributed by atoms with Gasteiger partial charge in [-0.05, 0) is 18.2 Å². The second kappa shape index (κ2) is 4.39. The third kappa shape index (κ3) is 2.53. The molecule has 0 spiro atoms. The summed E-state index contributed by atoms with van der Waals surface area (Å²) >= 11 is 0. The number of aromatic amines is 1. The molecule has 7 heteroatoms. The minimum atomic E-state index is -0.526. The van der Waals surface area contributed by atoms with Gasteiger partial charge in [-0.1, -0.05) is 6.07 Å². The molecule has 0 aliphatic heterocycles. The summed E-state index contributed by atoms with van der Waals surface area (Å²) in [5, 5.41) is 10.8. The lowest BCUT2D eigenvalue weighted by atomic mass is 10.3. The molecule has 0 saturated heterocycles. The first-order chi connectivity index (χ1) is 7.74. The van der Waals surface area contributed by atoms with Gasteiger partial charge in [0.05, 0.1) is 0 Å². The fourth-order valence-corrected chi connectivity index (χ4v) is 1.10. The van der Waals surface area contributed by atoms with Crippen molar-refractivity contribution in [2.24, 2.45) is 0 Å². The third-order valence-electron chi connectivity index (χ3n) is 1.73. The topological polar surface area (TPSA) is 82.7 Å². The molecule has 0 unspecified atom stereocenters. The summed E-state index contributed by atoms with van der Waals surface area (Å²) in [7, 11) is 0. The standard InChI is InChI=1S/C9H8FN5O/c10-6-2-1-3-7(4-6)13-9(16)14-8-11-5-12-15-8/h1-5H,(H3,11,12,13,14,15,16). The molecular weight excluding hydrogens is 213 g/mol. The number of urea groups is 1. The minimum Gasteiger partial charge on any atom is -0.308 e. The highest BCUT2D eigenvalue weighted by molar-refractivity contribution is 5.98. The Bertz CT molecular complexity index is 484. The van der Waals surface area contributed by atoms with Gasteiger partial charge in [0.15, 0.2) is 0 Å². The molecule has 0 saturated carbocycles. The van der Waals surface area contributed by atoms with Crippen LogP contribution in [0, 0.1) is 5.82 Å². The van der Waals surface area contributed by atoms with Crippen LogP contribution in [0.2, 0.25) is 0 Å². The molecular formula is C9H8FN5O. The largest absolute Gasteiger partial charge is 0.326 e. The van der Waals surface area contributed by atoms with E-state index < -0.39 is 11.8 Å².